The van der Waals surface area contributed by atoms with Gasteiger partial charge in [-0.3, -0.25) is 9.69 Å². The highest BCUT2D eigenvalue weighted by Gasteiger charge is 2.14. The van der Waals surface area contributed by atoms with Crippen LogP contribution < -0.4 is 5.43 Å². The molecular weight excluding hydrogens is 240 g/mol. The van der Waals surface area contributed by atoms with E-state index in [2.05, 4.69) is 18.7 Å². The van der Waals surface area contributed by atoms with E-state index in [1.807, 2.05) is 4.57 Å². The molecule has 0 spiro atoms. The normalized spacial score (nSPS) is 17.6. The minimum atomic E-state index is -0.276. The molecule has 0 unspecified atom stereocenters. The molecule has 19 heavy (non-hydrogen) atoms. The van der Waals surface area contributed by atoms with Gasteiger partial charge in [0.2, 0.25) is 5.43 Å². The number of aromatic nitrogens is 1. The predicted molar refractivity (Wildman–Crippen MR) is 76.5 cm³/mol. The number of aromatic hydroxyl groups is 1. The van der Waals surface area contributed by atoms with Crippen molar-refractivity contribution in [2.24, 2.45) is 0 Å². The summed E-state index contributed by atoms with van der Waals surface area (Å²) < 4.78 is 2.00. The molecule has 1 saturated heterocycles. The summed E-state index contributed by atoms with van der Waals surface area (Å²) >= 11 is 0. The van der Waals surface area contributed by atoms with Gasteiger partial charge in [-0.05, 0) is 39.8 Å². The number of hydrogen-bond acceptors (Lipinski definition) is 3. The summed E-state index contributed by atoms with van der Waals surface area (Å²) in [5.41, 5.74) is 0.724. The smallest absolute Gasteiger partial charge is 0.223 e. The Kier molecular flexibility index (Phi) is 4.64. The van der Waals surface area contributed by atoms with E-state index in [0.717, 1.165) is 25.3 Å². The van der Waals surface area contributed by atoms with Gasteiger partial charge in [0.05, 0.1) is 6.20 Å². The summed E-state index contributed by atoms with van der Waals surface area (Å²) in [7, 11) is 0. The molecule has 4 nitrogen and oxygen atoms in total. The van der Waals surface area contributed by atoms with E-state index in [9.17, 15) is 9.90 Å². The molecule has 2 heterocycles. The lowest BCUT2D eigenvalue weighted by molar-refractivity contribution is 0.266. The lowest BCUT2D eigenvalue weighted by Gasteiger charge is -2.24. The van der Waals surface area contributed by atoms with Crippen LogP contribution in [0.2, 0.25) is 0 Å². The first-order chi connectivity index (χ1) is 9.08. The second-order valence-corrected chi connectivity index (χ2v) is 5.71. The third-order valence-corrected chi connectivity index (χ3v) is 3.78. The molecular formula is C15H24N2O2. The van der Waals surface area contributed by atoms with Crippen LogP contribution in [0.3, 0.4) is 0 Å². The van der Waals surface area contributed by atoms with Crippen LogP contribution in [0.4, 0.5) is 0 Å². The van der Waals surface area contributed by atoms with Gasteiger partial charge in [0.1, 0.15) is 0 Å². The number of pyridine rings is 1. The van der Waals surface area contributed by atoms with Crippen LogP contribution in [-0.2, 0) is 6.54 Å². The molecule has 1 aromatic heterocycles. The number of likely N-dealkylation sites (tertiary alicyclic amines) is 1. The minimum Gasteiger partial charge on any atom is -0.503 e. The summed E-state index contributed by atoms with van der Waals surface area (Å²) in [6.45, 7) is 7.14. The maximum atomic E-state index is 11.6. The molecule has 0 amide bonds. The van der Waals surface area contributed by atoms with Gasteiger partial charge in [-0.25, -0.2) is 0 Å². The molecule has 0 atom stereocenters. The average molecular weight is 264 g/mol. The number of nitrogens with zero attached hydrogens (tertiary/aromatic N) is 2. The van der Waals surface area contributed by atoms with E-state index in [1.165, 1.54) is 25.7 Å². The first kappa shape index (κ1) is 14.1. The molecule has 0 bridgehead atoms. The van der Waals surface area contributed by atoms with Crippen LogP contribution in [0.25, 0.3) is 0 Å². The van der Waals surface area contributed by atoms with Gasteiger partial charge < -0.3 is 9.67 Å². The molecule has 1 fully saturated rings. The van der Waals surface area contributed by atoms with Crippen molar-refractivity contribution in [1.82, 2.24) is 9.47 Å². The largest absolute Gasteiger partial charge is 0.503 e. The van der Waals surface area contributed by atoms with Crippen LogP contribution in [0.5, 0.6) is 5.75 Å². The van der Waals surface area contributed by atoms with Crippen LogP contribution in [0, 0.1) is 0 Å². The molecule has 0 radical (unpaired) electrons. The molecule has 2 rings (SSSR count). The minimum absolute atomic E-state index is 0.159. The standard InChI is InChI=1S/C15H24N2O2/c1-12(2)17-11-15(19)14(18)9-13(17)10-16-7-5-3-4-6-8-16/h9,11-12,19H,3-8,10H2,1-2H3. The van der Waals surface area contributed by atoms with Crippen molar-refractivity contribution in [2.75, 3.05) is 13.1 Å². The molecule has 0 aromatic carbocycles. The van der Waals surface area contributed by atoms with E-state index in [4.69, 9.17) is 0 Å². The molecule has 0 saturated carbocycles. The van der Waals surface area contributed by atoms with Gasteiger partial charge in [-0.15, -0.1) is 0 Å². The molecule has 0 aliphatic carbocycles. The maximum absolute atomic E-state index is 11.6. The van der Waals surface area contributed by atoms with Crippen molar-refractivity contribution in [1.29, 1.82) is 0 Å². The fourth-order valence-electron chi connectivity index (χ4n) is 2.71. The first-order valence-corrected chi connectivity index (χ1v) is 7.24. The van der Waals surface area contributed by atoms with Crippen molar-refractivity contribution in [2.45, 2.75) is 52.1 Å². The second-order valence-electron chi connectivity index (χ2n) is 5.71. The number of rotatable bonds is 3. The lowest BCUT2D eigenvalue weighted by Crippen LogP contribution is -2.27. The van der Waals surface area contributed by atoms with Crippen molar-refractivity contribution >= 4 is 0 Å². The number of hydrogen-bond donors (Lipinski definition) is 1. The summed E-state index contributed by atoms with van der Waals surface area (Å²) in [5.74, 6) is -0.159. The summed E-state index contributed by atoms with van der Waals surface area (Å²) in [6, 6.07) is 1.83. The van der Waals surface area contributed by atoms with Crippen molar-refractivity contribution < 1.29 is 5.11 Å². The zero-order valence-electron chi connectivity index (χ0n) is 11.9. The van der Waals surface area contributed by atoms with E-state index < -0.39 is 0 Å². The quantitative estimate of drug-likeness (QED) is 0.912. The highest BCUT2D eigenvalue weighted by molar-refractivity contribution is 5.21. The fraction of sp³-hybridized carbons (Fsp3) is 0.667. The first-order valence-electron chi connectivity index (χ1n) is 7.24. The summed E-state index contributed by atoms with van der Waals surface area (Å²) in [4.78, 5) is 14.1. The van der Waals surface area contributed by atoms with Crippen LogP contribution in [-0.4, -0.2) is 27.7 Å². The Labute approximate surface area is 114 Å². The van der Waals surface area contributed by atoms with Gasteiger partial charge in [0.25, 0.3) is 0 Å². The highest BCUT2D eigenvalue weighted by atomic mass is 16.3. The predicted octanol–water partition coefficient (Wildman–Crippen LogP) is 2.51. The Balaban J connectivity index is 2.22. The van der Waals surface area contributed by atoms with E-state index in [0.29, 0.717) is 0 Å². The zero-order chi connectivity index (χ0) is 13.8. The van der Waals surface area contributed by atoms with E-state index in [-0.39, 0.29) is 17.2 Å². The second kappa shape index (κ2) is 6.24. The van der Waals surface area contributed by atoms with Gasteiger partial charge in [-0.2, -0.15) is 0 Å². The fourth-order valence-corrected chi connectivity index (χ4v) is 2.71. The molecule has 1 aliphatic rings. The Hall–Kier alpha value is -1.29. The van der Waals surface area contributed by atoms with Crippen LogP contribution >= 0.6 is 0 Å². The maximum Gasteiger partial charge on any atom is 0.223 e. The average Bonchev–Trinajstić information content (AvgIpc) is 2.62. The van der Waals surface area contributed by atoms with Gasteiger partial charge in [0.15, 0.2) is 5.75 Å². The highest BCUT2D eigenvalue weighted by Crippen LogP contribution is 2.17. The SMILES string of the molecule is CC(C)n1cc(O)c(=O)cc1CN1CCCCCC1. The van der Waals surface area contributed by atoms with Gasteiger partial charge in [-0.1, -0.05) is 12.8 Å². The molecule has 1 aliphatic heterocycles. The van der Waals surface area contributed by atoms with Crippen LogP contribution in [0.15, 0.2) is 17.1 Å². The third kappa shape index (κ3) is 3.60. The van der Waals surface area contributed by atoms with E-state index in [1.54, 1.807) is 12.3 Å². The van der Waals surface area contributed by atoms with Crippen molar-refractivity contribution in [3.05, 3.63) is 28.2 Å². The molecule has 1 aromatic rings. The Morgan fingerprint density at radius 3 is 2.42 bits per heavy atom. The summed E-state index contributed by atoms with van der Waals surface area (Å²) in [6.07, 6.45) is 6.67. The topological polar surface area (TPSA) is 45.5 Å². The van der Waals surface area contributed by atoms with Crippen molar-refractivity contribution in [3.8, 4) is 5.75 Å². The Morgan fingerprint density at radius 2 is 1.84 bits per heavy atom. The molecule has 106 valence electrons. The Bertz CT molecular complexity index is 472. The van der Waals surface area contributed by atoms with E-state index >= 15 is 0 Å². The third-order valence-electron chi connectivity index (χ3n) is 3.78. The summed E-state index contributed by atoms with van der Waals surface area (Å²) in [5, 5.41) is 9.58. The molecule has 1 N–H and O–H groups in total. The van der Waals surface area contributed by atoms with Gasteiger partial charge >= 0.3 is 0 Å². The zero-order valence-corrected chi connectivity index (χ0v) is 11.9. The van der Waals surface area contributed by atoms with Crippen molar-refractivity contribution in [3.63, 3.8) is 0 Å². The van der Waals surface area contributed by atoms with Gasteiger partial charge in [0, 0.05) is 24.3 Å². The monoisotopic (exact) mass is 264 g/mol. The Morgan fingerprint density at radius 1 is 1.21 bits per heavy atom. The molecule has 4 heteroatoms. The van der Waals surface area contributed by atoms with Crippen LogP contribution in [0.1, 0.15) is 51.3 Å². The lowest BCUT2D eigenvalue weighted by atomic mass is 10.2.